The summed E-state index contributed by atoms with van der Waals surface area (Å²) in [5, 5.41) is 0. The second-order valence-corrected chi connectivity index (χ2v) is 8.87. The summed E-state index contributed by atoms with van der Waals surface area (Å²) in [6.45, 7) is 0.420. The summed E-state index contributed by atoms with van der Waals surface area (Å²) >= 11 is 0. The van der Waals surface area contributed by atoms with Crippen LogP contribution < -0.4 is 9.47 Å². The molecule has 4 aliphatic rings. The van der Waals surface area contributed by atoms with E-state index >= 15 is 0 Å². The van der Waals surface area contributed by atoms with Gasteiger partial charge in [-0.25, -0.2) is 4.79 Å². The van der Waals surface area contributed by atoms with Gasteiger partial charge in [0.25, 0.3) is 0 Å². The van der Waals surface area contributed by atoms with E-state index in [9.17, 15) is 31.5 Å². The number of hydrogen-bond donors (Lipinski definition) is 0. The second-order valence-electron chi connectivity index (χ2n) is 8.87. The molecule has 0 radical (unpaired) electrons. The van der Waals surface area contributed by atoms with Crippen molar-refractivity contribution in [2.75, 3.05) is 20.7 Å². The molecular formula is C21H20F5NO5. The molecule has 0 unspecified atom stereocenters. The lowest BCUT2D eigenvalue weighted by Crippen LogP contribution is -2.77. The van der Waals surface area contributed by atoms with E-state index in [0.29, 0.717) is 17.9 Å². The van der Waals surface area contributed by atoms with Crippen molar-refractivity contribution in [2.45, 2.75) is 60.9 Å². The number of halogens is 5. The molecule has 1 saturated heterocycles. The van der Waals surface area contributed by atoms with Crippen LogP contribution in [0, 0.1) is 0 Å². The lowest BCUT2D eigenvalue weighted by atomic mass is 9.49. The van der Waals surface area contributed by atoms with E-state index < -0.39 is 41.2 Å². The maximum absolute atomic E-state index is 14.0. The Hall–Kier alpha value is -2.43. The molecule has 2 aliphatic carbocycles. The summed E-state index contributed by atoms with van der Waals surface area (Å²) in [5.41, 5.74) is -1.87. The lowest BCUT2D eigenvalue weighted by Gasteiger charge is -2.63. The molecular weight excluding hydrogens is 441 g/mol. The molecule has 0 amide bonds. The highest BCUT2D eigenvalue weighted by Crippen LogP contribution is 2.66. The number of piperidine rings is 1. The first-order valence-corrected chi connectivity index (χ1v) is 10.2. The van der Waals surface area contributed by atoms with Crippen molar-refractivity contribution in [3.63, 3.8) is 0 Å². The molecule has 2 aliphatic heterocycles. The largest absolute Gasteiger partial charge is 0.493 e. The Kier molecular flexibility index (Phi) is 4.24. The van der Waals surface area contributed by atoms with Gasteiger partial charge in [-0.05, 0) is 44.5 Å². The predicted octanol–water partition coefficient (Wildman–Crippen LogP) is 2.80. The molecule has 1 saturated carbocycles. The number of benzene rings is 1. The van der Waals surface area contributed by atoms with E-state index in [2.05, 4.69) is 0 Å². The van der Waals surface area contributed by atoms with Crippen LogP contribution in [0.2, 0.25) is 0 Å². The van der Waals surface area contributed by atoms with E-state index in [1.807, 2.05) is 0 Å². The third-order valence-corrected chi connectivity index (χ3v) is 7.58. The third kappa shape index (κ3) is 2.32. The van der Waals surface area contributed by atoms with Crippen LogP contribution in [0.5, 0.6) is 11.5 Å². The van der Waals surface area contributed by atoms with Gasteiger partial charge in [0.1, 0.15) is 5.60 Å². The standard InChI is InChI=1S/C21H20F5NO5/c1-27-8-7-18-14-10-3-4-12(30-2)15(14)31-16(18)11(28)5-6-19(18,13(27)9-10)32-17(29)20(22,23)21(24,25)26/h3-4,13,16H,5-9H2,1-2H3/t13-,16+,18+,19-/m1/s1. The van der Waals surface area contributed by atoms with Gasteiger partial charge in [0.15, 0.2) is 23.4 Å². The summed E-state index contributed by atoms with van der Waals surface area (Å²) in [6.07, 6.45) is -7.18. The average Bonchev–Trinajstić information content (AvgIpc) is 3.08. The number of esters is 1. The Bertz CT molecular complexity index is 1030. The van der Waals surface area contributed by atoms with Gasteiger partial charge in [-0.15, -0.1) is 0 Å². The number of Topliss-reactive ketones (excluding diaryl/α,β-unsaturated/α-hetero) is 1. The highest BCUT2D eigenvalue weighted by Gasteiger charge is 2.77. The first-order chi connectivity index (χ1) is 14.9. The minimum Gasteiger partial charge on any atom is -0.493 e. The van der Waals surface area contributed by atoms with E-state index in [0.717, 1.165) is 5.56 Å². The Morgan fingerprint density at radius 3 is 2.59 bits per heavy atom. The zero-order valence-electron chi connectivity index (χ0n) is 17.2. The van der Waals surface area contributed by atoms with Gasteiger partial charge < -0.3 is 14.2 Å². The number of likely N-dealkylation sites (N-methyl/N-ethyl adjacent to an activating group) is 1. The molecule has 1 spiro atoms. The maximum atomic E-state index is 14.0. The Labute approximate surface area is 179 Å². The molecule has 0 aromatic heterocycles. The van der Waals surface area contributed by atoms with Crippen molar-refractivity contribution < 1.29 is 45.8 Å². The van der Waals surface area contributed by atoms with Crippen LogP contribution in [-0.2, 0) is 26.2 Å². The molecule has 32 heavy (non-hydrogen) atoms. The number of hydrogen-bond acceptors (Lipinski definition) is 6. The fourth-order valence-electron chi connectivity index (χ4n) is 6.21. The number of likely N-dealkylation sites (tertiary alicyclic amines) is 1. The van der Waals surface area contributed by atoms with Crippen molar-refractivity contribution >= 4 is 11.8 Å². The summed E-state index contributed by atoms with van der Waals surface area (Å²) in [6, 6.07) is 2.74. The summed E-state index contributed by atoms with van der Waals surface area (Å²) < 4.78 is 83.4. The third-order valence-electron chi connectivity index (χ3n) is 7.58. The molecule has 11 heteroatoms. The van der Waals surface area contributed by atoms with Crippen molar-refractivity contribution in [1.82, 2.24) is 4.90 Å². The Balaban J connectivity index is 1.74. The second kappa shape index (κ2) is 6.33. The van der Waals surface area contributed by atoms with Crippen LogP contribution in [0.25, 0.3) is 0 Å². The average molecular weight is 461 g/mol. The zero-order chi connectivity index (χ0) is 23.3. The minimum absolute atomic E-state index is 0.170. The number of carbonyl (C=O) groups is 2. The summed E-state index contributed by atoms with van der Waals surface area (Å²) in [5.74, 6) is -8.07. The summed E-state index contributed by atoms with van der Waals surface area (Å²) in [4.78, 5) is 27.1. The number of carbonyl (C=O) groups excluding carboxylic acids is 2. The number of rotatable bonds is 3. The van der Waals surface area contributed by atoms with Gasteiger partial charge in [-0.1, -0.05) is 6.07 Å². The molecule has 1 aromatic carbocycles. The van der Waals surface area contributed by atoms with Crippen LogP contribution in [0.3, 0.4) is 0 Å². The van der Waals surface area contributed by atoms with Gasteiger partial charge in [-0.2, -0.15) is 22.0 Å². The fourth-order valence-corrected chi connectivity index (χ4v) is 6.21. The van der Waals surface area contributed by atoms with Crippen LogP contribution in [0.4, 0.5) is 22.0 Å². The van der Waals surface area contributed by atoms with Crippen molar-refractivity contribution in [1.29, 1.82) is 0 Å². The molecule has 1 aromatic rings. The van der Waals surface area contributed by atoms with Crippen LogP contribution in [0.1, 0.15) is 30.4 Å². The topological polar surface area (TPSA) is 65.1 Å². The monoisotopic (exact) mass is 461 g/mol. The quantitative estimate of drug-likeness (QED) is 0.510. The molecule has 2 bridgehead atoms. The van der Waals surface area contributed by atoms with Crippen LogP contribution in [0.15, 0.2) is 12.1 Å². The summed E-state index contributed by atoms with van der Waals surface area (Å²) in [7, 11) is 3.10. The SMILES string of the molecule is COc1ccc2c3c1O[C@H]1C(=O)CC[C@@]4(OC(=O)C(F)(F)C(F)(F)F)[C@@H](C2)N(C)CC[C@]314. The number of nitrogens with zero attached hydrogens (tertiary/aromatic N) is 1. The highest BCUT2D eigenvalue weighted by molar-refractivity contribution is 5.91. The smallest absolute Gasteiger partial charge is 0.465 e. The van der Waals surface area contributed by atoms with Gasteiger partial charge >= 0.3 is 18.1 Å². The van der Waals surface area contributed by atoms with Crippen molar-refractivity contribution in [2.24, 2.45) is 0 Å². The Morgan fingerprint density at radius 1 is 1.22 bits per heavy atom. The first-order valence-electron chi connectivity index (χ1n) is 10.2. The Morgan fingerprint density at radius 2 is 1.94 bits per heavy atom. The first kappa shape index (κ1) is 21.4. The van der Waals surface area contributed by atoms with Gasteiger partial charge in [0.2, 0.25) is 0 Å². The van der Waals surface area contributed by atoms with E-state index in [1.165, 1.54) is 7.11 Å². The molecule has 2 fully saturated rings. The number of methoxy groups -OCH3 is 1. The van der Waals surface area contributed by atoms with E-state index in [1.54, 1.807) is 24.1 Å². The number of alkyl halides is 5. The minimum atomic E-state index is -6.10. The molecule has 174 valence electrons. The highest BCUT2D eigenvalue weighted by atomic mass is 19.4. The van der Waals surface area contributed by atoms with E-state index in [4.69, 9.17) is 14.2 Å². The van der Waals surface area contributed by atoms with E-state index in [-0.39, 0.29) is 37.2 Å². The maximum Gasteiger partial charge on any atom is 0.465 e. The predicted molar refractivity (Wildman–Crippen MR) is 97.9 cm³/mol. The van der Waals surface area contributed by atoms with Crippen LogP contribution in [-0.4, -0.2) is 67.2 Å². The molecule has 4 atom stereocenters. The molecule has 0 N–H and O–H groups in total. The molecule has 6 nitrogen and oxygen atoms in total. The lowest BCUT2D eigenvalue weighted by molar-refractivity contribution is -0.294. The normalized spacial score (nSPS) is 33.4. The van der Waals surface area contributed by atoms with Gasteiger partial charge in [0, 0.05) is 12.0 Å². The number of ketones is 1. The van der Waals surface area contributed by atoms with Crippen LogP contribution >= 0.6 is 0 Å². The van der Waals surface area contributed by atoms with Gasteiger partial charge in [-0.3, -0.25) is 9.69 Å². The van der Waals surface area contributed by atoms with Crippen molar-refractivity contribution in [3.8, 4) is 11.5 Å². The number of ether oxygens (including phenoxy) is 3. The van der Waals surface area contributed by atoms with Gasteiger partial charge in [0.05, 0.1) is 18.6 Å². The molecule has 5 rings (SSSR count). The molecule has 2 heterocycles. The fraction of sp³-hybridized carbons (Fsp3) is 0.619. The zero-order valence-corrected chi connectivity index (χ0v) is 17.2. The van der Waals surface area contributed by atoms with Crippen molar-refractivity contribution in [3.05, 3.63) is 23.3 Å².